The number of benzene rings is 1. The van der Waals surface area contributed by atoms with Crippen LogP contribution in [0.25, 0.3) is 0 Å². The Hall–Kier alpha value is -0.563. The summed E-state index contributed by atoms with van der Waals surface area (Å²) >= 11 is 0. The van der Waals surface area contributed by atoms with Gasteiger partial charge in [-0.15, -0.1) is 0 Å². The Kier molecular flexibility index (Phi) is 2.28. The highest BCUT2D eigenvalue weighted by Gasteiger charge is 1.96. The molecule has 0 aliphatic carbocycles. The third-order valence-electron chi connectivity index (χ3n) is 1.96. The van der Waals surface area contributed by atoms with Crippen molar-refractivity contribution in [2.45, 2.75) is 20.4 Å². The summed E-state index contributed by atoms with van der Waals surface area (Å²) in [7, 11) is 0.483. The molecule has 0 saturated heterocycles. The van der Waals surface area contributed by atoms with Gasteiger partial charge < -0.3 is 0 Å². The van der Waals surface area contributed by atoms with Gasteiger partial charge in [-0.3, -0.25) is 0 Å². The van der Waals surface area contributed by atoms with E-state index in [4.69, 9.17) is 0 Å². The van der Waals surface area contributed by atoms with Crippen LogP contribution in [0.3, 0.4) is 0 Å². The molecule has 0 aliphatic heterocycles. The average molecular weight is 149 g/mol. The summed E-state index contributed by atoms with van der Waals surface area (Å²) in [6.07, 6.45) is 0. The average Bonchev–Trinajstić information content (AvgIpc) is 1.95. The van der Waals surface area contributed by atoms with Gasteiger partial charge in [-0.1, -0.05) is 29.9 Å². The highest BCUT2D eigenvalue weighted by atomic mass is 28.2. The van der Waals surface area contributed by atoms with Crippen LogP contribution in [0.1, 0.15) is 11.1 Å². The molecule has 1 aromatic rings. The lowest BCUT2D eigenvalue weighted by Crippen LogP contribution is -2.14. The Morgan fingerprint density at radius 3 is 2.40 bits per heavy atom. The molecule has 0 aromatic heterocycles. The van der Waals surface area contributed by atoms with Gasteiger partial charge in [0.05, 0.1) is 9.52 Å². The maximum absolute atomic E-state index is 2.28. The standard InChI is InChI=1S/C9H13Si/c1-7-5-4-6-9(10-3)8(7)2/h4-6,10H,1-3H3. The summed E-state index contributed by atoms with van der Waals surface area (Å²) in [5.74, 6) is 0. The third kappa shape index (κ3) is 1.29. The van der Waals surface area contributed by atoms with Crippen molar-refractivity contribution in [3.8, 4) is 0 Å². The van der Waals surface area contributed by atoms with Crippen LogP contribution >= 0.6 is 0 Å². The van der Waals surface area contributed by atoms with E-state index in [1.54, 1.807) is 5.19 Å². The van der Waals surface area contributed by atoms with Gasteiger partial charge >= 0.3 is 0 Å². The van der Waals surface area contributed by atoms with E-state index >= 15 is 0 Å². The Morgan fingerprint density at radius 2 is 1.90 bits per heavy atom. The smallest absolute Gasteiger partial charge is 0.0639 e. The van der Waals surface area contributed by atoms with Crippen LogP contribution in [0.5, 0.6) is 0 Å². The van der Waals surface area contributed by atoms with Crippen molar-refractivity contribution < 1.29 is 0 Å². The minimum Gasteiger partial charge on any atom is -0.0699 e. The first-order valence-corrected chi connectivity index (χ1v) is 5.34. The molecule has 0 N–H and O–H groups in total. The molecule has 0 bridgehead atoms. The van der Waals surface area contributed by atoms with Gasteiger partial charge in [-0.2, -0.15) is 0 Å². The number of hydrogen-bond donors (Lipinski definition) is 0. The highest BCUT2D eigenvalue weighted by Crippen LogP contribution is 2.01. The number of hydrogen-bond acceptors (Lipinski definition) is 0. The quantitative estimate of drug-likeness (QED) is 0.530. The predicted octanol–water partition coefficient (Wildman–Crippen LogP) is 1.41. The van der Waals surface area contributed by atoms with Crippen LogP contribution in [0.2, 0.25) is 6.55 Å². The van der Waals surface area contributed by atoms with Gasteiger partial charge in [0.25, 0.3) is 0 Å². The lowest BCUT2D eigenvalue weighted by molar-refractivity contribution is 1.37. The van der Waals surface area contributed by atoms with Gasteiger partial charge in [-0.05, 0) is 25.0 Å². The molecule has 0 atom stereocenters. The first-order chi connectivity index (χ1) is 4.75. The molecule has 53 valence electrons. The second-order valence-electron chi connectivity index (χ2n) is 2.58. The summed E-state index contributed by atoms with van der Waals surface area (Å²) in [5.41, 5.74) is 2.91. The van der Waals surface area contributed by atoms with E-state index in [2.05, 4.69) is 38.6 Å². The predicted molar refractivity (Wildman–Crippen MR) is 48.6 cm³/mol. The van der Waals surface area contributed by atoms with Crippen molar-refractivity contribution in [1.29, 1.82) is 0 Å². The van der Waals surface area contributed by atoms with Crippen molar-refractivity contribution >= 4 is 14.7 Å². The van der Waals surface area contributed by atoms with Crippen LogP contribution < -0.4 is 5.19 Å². The minimum absolute atomic E-state index is 0.483. The molecule has 1 heteroatoms. The molecular weight excluding hydrogens is 136 g/mol. The molecule has 0 heterocycles. The fourth-order valence-corrected chi connectivity index (χ4v) is 2.05. The van der Waals surface area contributed by atoms with Crippen molar-refractivity contribution in [3.63, 3.8) is 0 Å². The normalized spacial score (nSPS) is 9.90. The maximum Gasteiger partial charge on any atom is 0.0639 e. The zero-order chi connectivity index (χ0) is 7.56. The van der Waals surface area contributed by atoms with E-state index in [0.717, 1.165) is 0 Å². The molecule has 0 unspecified atom stereocenters. The van der Waals surface area contributed by atoms with Crippen LogP contribution in [-0.4, -0.2) is 9.52 Å². The number of rotatable bonds is 1. The molecular formula is C9H13Si. The summed E-state index contributed by atoms with van der Waals surface area (Å²) in [4.78, 5) is 0. The van der Waals surface area contributed by atoms with Crippen molar-refractivity contribution in [1.82, 2.24) is 0 Å². The monoisotopic (exact) mass is 149 g/mol. The zero-order valence-corrected chi connectivity index (χ0v) is 7.96. The molecule has 0 spiro atoms. The van der Waals surface area contributed by atoms with Crippen LogP contribution in [0.4, 0.5) is 0 Å². The summed E-state index contributed by atoms with van der Waals surface area (Å²) in [5, 5.41) is 1.56. The van der Waals surface area contributed by atoms with Crippen LogP contribution in [0, 0.1) is 13.8 Å². The maximum atomic E-state index is 2.28. The van der Waals surface area contributed by atoms with Crippen LogP contribution in [-0.2, 0) is 0 Å². The first-order valence-electron chi connectivity index (χ1n) is 3.61. The fraction of sp³-hybridized carbons (Fsp3) is 0.333. The van der Waals surface area contributed by atoms with Crippen molar-refractivity contribution in [2.24, 2.45) is 0 Å². The minimum atomic E-state index is 0.483. The van der Waals surface area contributed by atoms with Crippen molar-refractivity contribution in [3.05, 3.63) is 29.3 Å². The highest BCUT2D eigenvalue weighted by molar-refractivity contribution is 6.52. The van der Waals surface area contributed by atoms with E-state index in [-0.39, 0.29) is 0 Å². The van der Waals surface area contributed by atoms with E-state index in [1.807, 2.05) is 0 Å². The molecule has 0 aliphatic rings. The summed E-state index contributed by atoms with van der Waals surface area (Å²) < 4.78 is 0. The van der Waals surface area contributed by atoms with Gasteiger partial charge in [-0.25, -0.2) is 0 Å². The largest absolute Gasteiger partial charge is 0.0699 e. The van der Waals surface area contributed by atoms with Gasteiger partial charge in [0.15, 0.2) is 0 Å². The summed E-state index contributed by atoms with van der Waals surface area (Å²) in [6, 6.07) is 6.56. The lowest BCUT2D eigenvalue weighted by atomic mass is 10.1. The zero-order valence-electron chi connectivity index (χ0n) is 6.81. The van der Waals surface area contributed by atoms with Crippen molar-refractivity contribution in [2.75, 3.05) is 0 Å². The Bertz CT molecular complexity index is 228. The van der Waals surface area contributed by atoms with Gasteiger partial charge in [0.1, 0.15) is 0 Å². The third-order valence-corrected chi connectivity index (χ3v) is 3.21. The molecule has 0 nitrogen and oxygen atoms in total. The summed E-state index contributed by atoms with van der Waals surface area (Å²) in [6.45, 7) is 6.66. The second-order valence-corrected chi connectivity index (χ2v) is 3.78. The number of aryl methyl sites for hydroxylation is 1. The first kappa shape index (κ1) is 7.54. The van der Waals surface area contributed by atoms with Gasteiger partial charge in [0.2, 0.25) is 0 Å². The van der Waals surface area contributed by atoms with E-state index in [9.17, 15) is 0 Å². The SMILES string of the molecule is C[SiH]c1cccc(C)c1C. The van der Waals surface area contributed by atoms with E-state index in [0.29, 0.717) is 9.52 Å². The molecule has 1 radical (unpaired) electrons. The fourth-order valence-electron chi connectivity index (χ4n) is 1.09. The van der Waals surface area contributed by atoms with Gasteiger partial charge in [0, 0.05) is 0 Å². The molecule has 0 saturated carbocycles. The molecule has 0 fully saturated rings. The molecule has 1 aromatic carbocycles. The van der Waals surface area contributed by atoms with E-state index < -0.39 is 0 Å². The Morgan fingerprint density at radius 1 is 1.20 bits per heavy atom. The Balaban J connectivity index is 3.14. The molecule has 0 amide bonds. The molecule has 10 heavy (non-hydrogen) atoms. The second kappa shape index (κ2) is 3.02. The Labute approximate surface area is 65.1 Å². The molecule has 1 rings (SSSR count). The van der Waals surface area contributed by atoms with E-state index in [1.165, 1.54) is 11.1 Å². The topological polar surface area (TPSA) is 0 Å². The van der Waals surface area contributed by atoms with Crippen LogP contribution in [0.15, 0.2) is 18.2 Å². The lowest BCUT2D eigenvalue weighted by Gasteiger charge is -2.03.